The van der Waals surface area contributed by atoms with Crippen LogP contribution in [-0.4, -0.2) is 38.3 Å². The number of alkyl halides is 2. The van der Waals surface area contributed by atoms with Crippen molar-refractivity contribution in [3.05, 3.63) is 0 Å². The summed E-state index contributed by atoms with van der Waals surface area (Å²) < 4.78 is 28.1. The summed E-state index contributed by atoms with van der Waals surface area (Å²) >= 11 is 0. The van der Waals surface area contributed by atoms with Gasteiger partial charge in [-0.15, -0.1) is 0 Å². The van der Waals surface area contributed by atoms with Gasteiger partial charge in [-0.05, 0) is 13.0 Å². The van der Waals surface area contributed by atoms with E-state index in [0.29, 0.717) is 6.54 Å². The van der Waals surface area contributed by atoms with E-state index in [0.717, 1.165) is 13.0 Å². The fourth-order valence-electron chi connectivity index (χ4n) is 1.08. The molecule has 1 rings (SSSR count). The first-order chi connectivity index (χ1) is 6.18. The highest BCUT2D eigenvalue weighted by Crippen LogP contribution is 2.02. The number of hydrogen-bond acceptors (Lipinski definition) is 3. The number of carbonyl (C=O) groups is 1. The van der Waals surface area contributed by atoms with E-state index in [4.69, 9.17) is 4.74 Å². The molecule has 0 bridgehead atoms. The Hall–Kier alpha value is -0.910. The molecule has 1 atom stereocenters. The highest BCUT2D eigenvalue weighted by molar-refractivity contribution is 5.67. The predicted molar refractivity (Wildman–Crippen MR) is 41.8 cm³/mol. The van der Waals surface area contributed by atoms with E-state index in [9.17, 15) is 13.6 Å². The summed E-state index contributed by atoms with van der Waals surface area (Å²) in [6.07, 6.45) is -2.75. The van der Waals surface area contributed by atoms with Crippen LogP contribution in [0.2, 0.25) is 0 Å². The fraction of sp³-hybridized carbons (Fsp3) is 0.857. The second kappa shape index (κ2) is 4.96. The molecule has 1 fully saturated rings. The summed E-state index contributed by atoms with van der Waals surface area (Å²) in [6.45, 7) is 0.744. The van der Waals surface area contributed by atoms with Gasteiger partial charge in [-0.1, -0.05) is 0 Å². The van der Waals surface area contributed by atoms with Crippen molar-refractivity contribution < 1.29 is 18.3 Å². The van der Waals surface area contributed by atoms with Gasteiger partial charge < -0.3 is 15.4 Å². The lowest BCUT2D eigenvalue weighted by molar-refractivity contribution is 0.0943. The van der Waals surface area contributed by atoms with Gasteiger partial charge in [-0.2, -0.15) is 0 Å². The van der Waals surface area contributed by atoms with Gasteiger partial charge >= 0.3 is 6.09 Å². The number of carbonyl (C=O) groups excluding carboxylic acids is 1. The van der Waals surface area contributed by atoms with Crippen LogP contribution in [0.15, 0.2) is 0 Å². The monoisotopic (exact) mass is 194 g/mol. The second-order valence-electron chi connectivity index (χ2n) is 2.79. The Kier molecular flexibility index (Phi) is 3.88. The van der Waals surface area contributed by atoms with Crippen LogP contribution in [0.25, 0.3) is 0 Å². The number of hydrogen-bond donors (Lipinski definition) is 2. The number of halogens is 2. The Morgan fingerprint density at radius 2 is 2.46 bits per heavy atom. The smallest absolute Gasteiger partial charge is 0.407 e. The topological polar surface area (TPSA) is 50.4 Å². The average molecular weight is 194 g/mol. The molecule has 0 aromatic carbocycles. The molecule has 0 aromatic rings. The van der Waals surface area contributed by atoms with Crippen LogP contribution in [-0.2, 0) is 4.74 Å². The molecule has 0 radical (unpaired) electrons. The zero-order chi connectivity index (χ0) is 9.68. The predicted octanol–water partition coefficient (Wildman–Crippen LogP) is 0.340. The molecule has 76 valence electrons. The third-order valence-electron chi connectivity index (χ3n) is 1.69. The molecular formula is C7H12F2N2O2. The normalized spacial score (nSPS) is 21.9. The molecule has 4 nitrogen and oxygen atoms in total. The lowest BCUT2D eigenvalue weighted by Crippen LogP contribution is -2.33. The van der Waals surface area contributed by atoms with Crippen molar-refractivity contribution in [2.75, 3.05) is 19.6 Å². The van der Waals surface area contributed by atoms with E-state index in [-0.39, 0.29) is 6.10 Å². The van der Waals surface area contributed by atoms with E-state index in [1.165, 1.54) is 0 Å². The van der Waals surface area contributed by atoms with E-state index in [1.807, 2.05) is 5.32 Å². The summed E-state index contributed by atoms with van der Waals surface area (Å²) in [4.78, 5) is 10.8. The summed E-state index contributed by atoms with van der Waals surface area (Å²) in [7, 11) is 0. The van der Waals surface area contributed by atoms with Gasteiger partial charge in [0.1, 0.15) is 6.10 Å². The minimum atomic E-state index is -2.53. The molecule has 1 heterocycles. The Balaban J connectivity index is 2.09. The molecule has 6 heteroatoms. The third-order valence-corrected chi connectivity index (χ3v) is 1.69. The number of alkyl carbamates (subject to hydrolysis) is 1. The SMILES string of the molecule is O=C(NCC(F)F)O[C@H]1CCNC1. The van der Waals surface area contributed by atoms with Crippen LogP contribution >= 0.6 is 0 Å². The van der Waals surface area contributed by atoms with E-state index < -0.39 is 19.1 Å². The Labute approximate surface area is 74.6 Å². The van der Waals surface area contributed by atoms with Crippen molar-refractivity contribution in [3.8, 4) is 0 Å². The standard InChI is InChI=1S/C7H12F2N2O2/c8-6(9)4-11-7(12)13-5-1-2-10-3-5/h5-6,10H,1-4H2,(H,11,12)/t5-/m0/s1. The first kappa shape index (κ1) is 10.2. The number of nitrogens with one attached hydrogen (secondary N) is 2. The van der Waals surface area contributed by atoms with Crippen molar-refractivity contribution in [3.63, 3.8) is 0 Å². The highest BCUT2D eigenvalue weighted by Gasteiger charge is 2.18. The van der Waals surface area contributed by atoms with Crippen molar-refractivity contribution in [2.45, 2.75) is 19.0 Å². The minimum Gasteiger partial charge on any atom is -0.445 e. The average Bonchev–Trinajstić information content (AvgIpc) is 2.53. The third kappa shape index (κ3) is 4.02. The molecule has 0 spiro atoms. The van der Waals surface area contributed by atoms with Gasteiger partial charge in [-0.3, -0.25) is 0 Å². The summed E-state index contributed by atoms with van der Waals surface area (Å²) in [5.41, 5.74) is 0. The lowest BCUT2D eigenvalue weighted by Gasteiger charge is -2.11. The minimum absolute atomic E-state index is 0.183. The van der Waals surface area contributed by atoms with Crippen molar-refractivity contribution in [1.29, 1.82) is 0 Å². The van der Waals surface area contributed by atoms with E-state index in [2.05, 4.69) is 5.32 Å². The largest absolute Gasteiger partial charge is 0.445 e. The van der Waals surface area contributed by atoms with Crippen molar-refractivity contribution in [1.82, 2.24) is 10.6 Å². The zero-order valence-corrected chi connectivity index (χ0v) is 7.06. The van der Waals surface area contributed by atoms with Gasteiger partial charge in [0.15, 0.2) is 0 Å². The maximum atomic E-state index is 11.6. The summed E-state index contributed by atoms with van der Waals surface area (Å²) in [5, 5.41) is 4.96. The van der Waals surface area contributed by atoms with Crippen LogP contribution in [0.3, 0.4) is 0 Å². The first-order valence-electron chi connectivity index (χ1n) is 4.12. The molecule has 1 saturated heterocycles. The molecule has 1 aliphatic rings. The quantitative estimate of drug-likeness (QED) is 0.681. The molecule has 0 unspecified atom stereocenters. The van der Waals surface area contributed by atoms with E-state index in [1.54, 1.807) is 0 Å². The lowest BCUT2D eigenvalue weighted by atomic mass is 10.3. The van der Waals surface area contributed by atoms with Crippen LogP contribution in [0.4, 0.5) is 13.6 Å². The number of ether oxygens (including phenoxy) is 1. The van der Waals surface area contributed by atoms with Crippen LogP contribution in [0.5, 0.6) is 0 Å². The first-order valence-corrected chi connectivity index (χ1v) is 4.12. The fourth-order valence-corrected chi connectivity index (χ4v) is 1.08. The maximum Gasteiger partial charge on any atom is 0.407 e. The summed E-state index contributed by atoms with van der Waals surface area (Å²) in [5.74, 6) is 0. The molecule has 0 saturated carbocycles. The number of rotatable bonds is 3. The van der Waals surface area contributed by atoms with Gasteiger partial charge in [0.2, 0.25) is 0 Å². The van der Waals surface area contributed by atoms with Crippen LogP contribution in [0, 0.1) is 0 Å². The van der Waals surface area contributed by atoms with Crippen LogP contribution in [0.1, 0.15) is 6.42 Å². The Morgan fingerprint density at radius 1 is 1.69 bits per heavy atom. The molecule has 1 amide bonds. The molecule has 0 aromatic heterocycles. The maximum absolute atomic E-state index is 11.6. The molecule has 13 heavy (non-hydrogen) atoms. The molecule has 2 N–H and O–H groups in total. The zero-order valence-electron chi connectivity index (χ0n) is 7.06. The Bertz CT molecular complexity index is 172. The highest BCUT2D eigenvalue weighted by atomic mass is 19.3. The van der Waals surface area contributed by atoms with Gasteiger partial charge in [0.05, 0.1) is 6.54 Å². The molecule has 0 aliphatic carbocycles. The Morgan fingerprint density at radius 3 is 3.00 bits per heavy atom. The van der Waals surface area contributed by atoms with Gasteiger partial charge in [0, 0.05) is 6.54 Å². The summed E-state index contributed by atoms with van der Waals surface area (Å²) in [6, 6.07) is 0. The van der Waals surface area contributed by atoms with Crippen molar-refractivity contribution >= 4 is 6.09 Å². The molecule has 1 aliphatic heterocycles. The van der Waals surface area contributed by atoms with Gasteiger partial charge in [-0.25, -0.2) is 13.6 Å². The van der Waals surface area contributed by atoms with Gasteiger partial charge in [0.25, 0.3) is 6.43 Å². The second-order valence-corrected chi connectivity index (χ2v) is 2.79. The van der Waals surface area contributed by atoms with Crippen molar-refractivity contribution in [2.24, 2.45) is 0 Å². The molecular weight excluding hydrogens is 182 g/mol. The van der Waals surface area contributed by atoms with E-state index >= 15 is 0 Å². The number of amides is 1. The van der Waals surface area contributed by atoms with Crippen LogP contribution < -0.4 is 10.6 Å².